The minimum absolute atomic E-state index is 0.0975. The molecule has 1 unspecified atom stereocenters. The Bertz CT molecular complexity index is 444. The highest BCUT2D eigenvalue weighted by molar-refractivity contribution is 6.30. The fraction of sp³-hybridized carbons (Fsp3) is 0.385. The lowest BCUT2D eigenvalue weighted by Gasteiger charge is -2.23. The highest BCUT2D eigenvalue weighted by Crippen LogP contribution is 2.20. The molecular weight excluding hydrogens is 254 g/mol. The molecule has 0 aliphatic heterocycles. The molecule has 0 radical (unpaired) electrons. The maximum Gasteiger partial charge on any atom is 0.311 e. The summed E-state index contributed by atoms with van der Waals surface area (Å²) >= 11 is 5.72. The Morgan fingerprint density at radius 2 is 1.89 bits per heavy atom. The number of carbonyl (C=O) groups is 2. The van der Waals surface area contributed by atoms with Crippen LogP contribution < -0.4 is 5.32 Å². The Morgan fingerprint density at radius 1 is 1.33 bits per heavy atom. The van der Waals surface area contributed by atoms with E-state index in [9.17, 15) is 9.59 Å². The monoisotopic (exact) mass is 269 g/mol. The highest BCUT2D eigenvalue weighted by Gasteiger charge is 2.31. The molecule has 1 aromatic carbocycles. The van der Waals surface area contributed by atoms with E-state index < -0.39 is 11.4 Å². The van der Waals surface area contributed by atoms with Crippen LogP contribution in [0.5, 0.6) is 0 Å². The third-order valence-corrected chi connectivity index (χ3v) is 3.29. The molecule has 0 bridgehead atoms. The van der Waals surface area contributed by atoms with Crippen molar-refractivity contribution >= 4 is 23.5 Å². The molecule has 4 nitrogen and oxygen atoms in total. The van der Waals surface area contributed by atoms with E-state index in [0.29, 0.717) is 17.0 Å². The summed E-state index contributed by atoms with van der Waals surface area (Å²) in [7, 11) is 0. The number of rotatable bonds is 5. The smallest absolute Gasteiger partial charge is 0.311 e. The predicted molar refractivity (Wildman–Crippen MR) is 69.8 cm³/mol. The van der Waals surface area contributed by atoms with Crippen LogP contribution in [0, 0.1) is 5.41 Å². The maximum atomic E-state index is 11.8. The lowest BCUT2D eigenvalue weighted by molar-refractivity contribution is -0.147. The third-order valence-electron chi connectivity index (χ3n) is 3.04. The number of nitrogens with one attached hydrogen (secondary N) is 1. The number of benzene rings is 1. The van der Waals surface area contributed by atoms with Crippen LogP contribution in [0.3, 0.4) is 0 Å². The van der Waals surface area contributed by atoms with Gasteiger partial charge in [-0.05, 0) is 37.6 Å². The zero-order valence-electron chi connectivity index (χ0n) is 10.4. The molecule has 0 aliphatic rings. The Hall–Kier alpha value is -1.55. The van der Waals surface area contributed by atoms with E-state index in [1.54, 1.807) is 38.1 Å². The van der Waals surface area contributed by atoms with E-state index in [1.165, 1.54) is 0 Å². The van der Waals surface area contributed by atoms with E-state index in [0.717, 1.165) is 0 Å². The van der Waals surface area contributed by atoms with Gasteiger partial charge >= 0.3 is 5.97 Å². The molecule has 5 heteroatoms. The summed E-state index contributed by atoms with van der Waals surface area (Å²) in [6, 6.07) is 6.43. The molecule has 0 saturated carbocycles. The van der Waals surface area contributed by atoms with Crippen LogP contribution in [0.25, 0.3) is 0 Å². The summed E-state index contributed by atoms with van der Waals surface area (Å²) in [5.74, 6) is -1.21. The quantitative estimate of drug-likeness (QED) is 0.863. The van der Waals surface area contributed by atoms with Crippen LogP contribution in [0.1, 0.15) is 30.6 Å². The van der Waals surface area contributed by atoms with E-state index in [2.05, 4.69) is 5.32 Å². The van der Waals surface area contributed by atoms with Crippen molar-refractivity contribution in [2.45, 2.75) is 20.3 Å². The van der Waals surface area contributed by atoms with Crippen molar-refractivity contribution in [3.8, 4) is 0 Å². The summed E-state index contributed by atoms with van der Waals surface area (Å²) < 4.78 is 0. The van der Waals surface area contributed by atoms with Gasteiger partial charge in [0.2, 0.25) is 0 Å². The van der Waals surface area contributed by atoms with Crippen LogP contribution in [0.15, 0.2) is 24.3 Å². The number of halogens is 1. The van der Waals surface area contributed by atoms with Crippen LogP contribution in [0.2, 0.25) is 5.02 Å². The fourth-order valence-electron chi connectivity index (χ4n) is 1.33. The number of hydrogen-bond acceptors (Lipinski definition) is 2. The average Bonchev–Trinajstić information content (AvgIpc) is 2.36. The molecule has 1 rings (SSSR count). The molecule has 1 atom stereocenters. The molecule has 18 heavy (non-hydrogen) atoms. The van der Waals surface area contributed by atoms with Gasteiger partial charge in [-0.3, -0.25) is 9.59 Å². The summed E-state index contributed by atoms with van der Waals surface area (Å²) in [5, 5.41) is 12.3. The van der Waals surface area contributed by atoms with Crippen molar-refractivity contribution < 1.29 is 14.7 Å². The van der Waals surface area contributed by atoms with Gasteiger partial charge in [0.05, 0.1) is 5.41 Å². The number of carbonyl (C=O) groups excluding carboxylic acids is 1. The van der Waals surface area contributed by atoms with Crippen molar-refractivity contribution in [2.24, 2.45) is 5.41 Å². The predicted octanol–water partition coefficient (Wildman–Crippen LogP) is 2.57. The summed E-state index contributed by atoms with van der Waals surface area (Å²) in [6.07, 6.45) is 0.448. The van der Waals surface area contributed by atoms with E-state index >= 15 is 0 Å². The standard InChI is InChI=1S/C13H16ClNO3/c1-3-13(2,12(17)18)8-15-11(16)9-4-6-10(14)7-5-9/h4-7H,3,8H2,1-2H3,(H,15,16)(H,17,18). The van der Waals surface area contributed by atoms with Crippen molar-refractivity contribution in [3.05, 3.63) is 34.9 Å². The number of aliphatic carboxylic acids is 1. The number of hydrogen-bond donors (Lipinski definition) is 2. The highest BCUT2D eigenvalue weighted by atomic mass is 35.5. The van der Waals surface area contributed by atoms with E-state index in [1.807, 2.05) is 0 Å². The molecule has 0 spiro atoms. The molecular formula is C13H16ClNO3. The first kappa shape index (κ1) is 14.5. The van der Waals surface area contributed by atoms with Gasteiger partial charge in [0.25, 0.3) is 5.91 Å². The second-order valence-electron chi connectivity index (χ2n) is 4.41. The van der Waals surface area contributed by atoms with Crippen molar-refractivity contribution in [1.82, 2.24) is 5.32 Å². The Labute approximate surface area is 111 Å². The van der Waals surface area contributed by atoms with Crippen LogP contribution in [-0.4, -0.2) is 23.5 Å². The van der Waals surface area contributed by atoms with Crippen molar-refractivity contribution in [3.63, 3.8) is 0 Å². The molecule has 0 heterocycles. The molecule has 0 aliphatic carbocycles. The normalized spacial score (nSPS) is 13.7. The van der Waals surface area contributed by atoms with Gasteiger partial charge in [-0.1, -0.05) is 18.5 Å². The second kappa shape index (κ2) is 5.87. The zero-order chi connectivity index (χ0) is 13.8. The van der Waals surface area contributed by atoms with E-state index in [4.69, 9.17) is 16.7 Å². The number of amides is 1. The molecule has 0 fully saturated rings. The Morgan fingerprint density at radius 3 is 2.33 bits per heavy atom. The first-order valence-corrected chi connectivity index (χ1v) is 6.04. The van der Waals surface area contributed by atoms with Gasteiger partial charge in [-0.15, -0.1) is 0 Å². The van der Waals surface area contributed by atoms with Gasteiger partial charge in [0, 0.05) is 17.1 Å². The zero-order valence-corrected chi connectivity index (χ0v) is 11.1. The Kier molecular flexibility index (Phi) is 4.73. The average molecular weight is 270 g/mol. The molecule has 0 aromatic heterocycles. The van der Waals surface area contributed by atoms with Gasteiger partial charge in [0.15, 0.2) is 0 Å². The summed E-state index contributed by atoms with van der Waals surface area (Å²) in [5.41, 5.74) is -0.481. The van der Waals surface area contributed by atoms with Crippen LogP contribution >= 0.6 is 11.6 Å². The van der Waals surface area contributed by atoms with Gasteiger partial charge in [-0.25, -0.2) is 0 Å². The van der Waals surface area contributed by atoms with Crippen LogP contribution in [-0.2, 0) is 4.79 Å². The summed E-state index contributed by atoms with van der Waals surface area (Å²) in [6.45, 7) is 3.49. The second-order valence-corrected chi connectivity index (χ2v) is 4.85. The maximum absolute atomic E-state index is 11.8. The van der Waals surface area contributed by atoms with Gasteiger partial charge < -0.3 is 10.4 Å². The lowest BCUT2D eigenvalue weighted by Crippen LogP contribution is -2.40. The Balaban J connectivity index is 2.66. The SMILES string of the molecule is CCC(C)(CNC(=O)c1ccc(Cl)cc1)C(=O)O. The van der Waals surface area contributed by atoms with Crippen LogP contribution in [0.4, 0.5) is 0 Å². The number of carboxylic acid groups (broad SMARTS) is 1. The fourth-order valence-corrected chi connectivity index (χ4v) is 1.46. The van der Waals surface area contributed by atoms with Gasteiger partial charge in [0.1, 0.15) is 0 Å². The first-order chi connectivity index (χ1) is 8.39. The molecule has 98 valence electrons. The molecule has 1 amide bonds. The topological polar surface area (TPSA) is 66.4 Å². The number of carboxylic acids is 1. The molecule has 0 saturated heterocycles. The van der Waals surface area contributed by atoms with E-state index in [-0.39, 0.29) is 12.5 Å². The summed E-state index contributed by atoms with van der Waals surface area (Å²) in [4.78, 5) is 22.9. The minimum Gasteiger partial charge on any atom is -0.481 e. The largest absolute Gasteiger partial charge is 0.481 e. The minimum atomic E-state index is -0.942. The van der Waals surface area contributed by atoms with Crippen molar-refractivity contribution in [2.75, 3.05) is 6.54 Å². The molecule has 1 aromatic rings. The van der Waals surface area contributed by atoms with Gasteiger partial charge in [-0.2, -0.15) is 0 Å². The molecule has 2 N–H and O–H groups in total. The van der Waals surface area contributed by atoms with Crippen molar-refractivity contribution in [1.29, 1.82) is 0 Å². The first-order valence-electron chi connectivity index (χ1n) is 5.66. The third kappa shape index (κ3) is 3.47. The lowest BCUT2D eigenvalue weighted by atomic mass is 9.87.